The van der Waals surface area contributed by atoms with Crippen LogP contribution in [-0.2, 0) is 6.42 Å². The van der Waals surface area contributed by atoms with Gasteiger partial charge < -0.3 is 11.1 Å². The Labute approximate surface area is 150 Å². The summed E-state index contributed by atoms with van der Waals surface area (Å²) in [5.74, 6) is 0.551. The van der Waals surface area contributed by atoms with Crippen LogP contribution in [0.1, 0.15) is 23.6 Å². The van der Waals surface area contributed by atoms with E-state index in [-0.39, 0.29) is 6.04 Å². The number of nitrogens with one attached hydrogen (secondary N) is 1. The van der Waals surface area contributed by atoms with Crippen LogP contribution in [0, 0.1) is 0 Å². The van der Waals surface area contributed by atoms with Crippen LogP contribution in [0.15, 0.2) is 60.9 Å². The number of anilines is 3. The molecule has 6 nitrogen and oxygen atoms in total. The van der Waals surface area contributed by atoms with Crippen molar-refractivity contribution in [2.75, 3.05) is 11.1 Å². The van der Waals surface area contributed by atoms with Crippen molar-refractivity contribution in [2.24, 2.45) is 0 Å². The number of nitrogen functional groups attached to an aromatic ring is 1. The molecule has 0 spiro atoms. The van der Waals surface area contributed by atoms with Gasteiger partial charge in [0.15, 0.2) is 5.65 Å². The fraction of sp³-hybridized carbons (Fsp3) is 0.150. The molecule has 3 N–H and O–H groups in total. The standard InChI is InChI=1S/C20H18N6/c21-15-6-8-16(9-7-15)24-20-22-11-14-12-23-26(19(14)25-20)18-10-5-13-3-1-2-4-17(13)18/h1-4,6-9,11-12,18H,5,10,21H2,(H,22,24,25)/t18-/m1/s1. The topological polar surface area (TPSA) is 81.6 Å². The number of benzene rings is 2. The predicted molar refractivity (Wildman–Crippen MR) is 102 cm³/mol. The summed E-state index contributed by atoms with van der Waals surface area (Å²) in [6.45, 7) is 0. The van der Waals surface area contributed by atoms with Gasteiger partial charge in [0.05, 0.1) is 17.6 Å². The van der Waals surface area contributed by atoms with Crippen LogP contribution in [0.3, 0.4) is 0 Å². The highest BCUT2D eigenvalue weighted by Gasteiger charge is 2.25. The molecule has 2 heterocycles. The fourth-order valence-corrected chi connectivity index (χ4v) is 3.61. The molecule has 1 aliphatic carbocycles. The van der Waals surface area contributed by atoms with E-state index in [0.717, 1.165) is 35.2 Å². The molecule has 0 fully saturated rings. The summed E-state index contributed by atoms with van der Waals surface area (Å²) in [5.41, 5.74) is 10.9. The second-order valence-corrected chi connectivity index (χ2v) is 6.56. The number of hydrogen-bond donors (Lipinski definition) is 2. The average Bonchev–Trinajstić information content (AvgIpc) is 3.27. The molecule has 2 aromatic carbocycles. The molecular formula is C20H18N6. The predicted octanol–water partition coefficient (Wildman–Crippen LogP) is 3.69. The van der Waals surface area contributed by atoms with Gasteiger partial charge in [0, 0.05) is 17.6 Å². The molecule has 6 heteroatoms. The van der Waals surface area contributed by atoms with Gasteiger partial charge in [-0.05, 0) is 48.2 Å². The van der Waals surface area contributed by atoms with Crippen LogP contribution in [0.2, 0.25) is 0 Å². The van der Waals surface area contributed by atoms with E-state index in [1.54, 1.807) is 0 Å². The summed E-state index contributed by atoms with van der Waals surface area (Å²) in [4.78, 5) is 9.12. The van der Waals surface area contributed by atoms with Crippen molar-refractivity contribution in [1.29, 1.82) is 0 Å². The van der Waals surface area contributed by atoms with Gasteiger partial charge in [-0.15, -0.1) is 0 Å². The van der Waals surface area contributed by atoms with Crippen LogP contribution in [0.4, 0.5) is 17.3 Å². The highest BCUT2D eigenvalue weighted by Crippen LogP contribution is 2.35. The van der Waals surface area contributed by atoms with Crippen molar-refractivity contribution in [3.8, 4) is 0 Å². The Morgan fingerprint density at radius 3 is 2.77 bits per heavy atom. The van der Waals surface area contributed by atoms with Gasteiger partial charge in [-0.2, -0.15) is 10.1 Å². The fourth-order valence-electron chi connectivity index (χ4n) is 3.61. The Kier molecular flexibility index (Phi) is 3.35. The minimum atomic E-state index is 0.225. The first-order chi connectivity index (χ1) is 12.8. The van der Waals surface area contributed by atoms with E-state index in [1.807, 2.05) is 41.3 Å². The molecule has 0 bridgehead atoms. The number of rotatable bonds is 3. The number of fused-ring (bicyclic) bond motifs is 2. The first-order valence-corrected chi connectivity index (χ1v) is 8.68. The number of aromatic nitrogens is 4. The summed E-state index contributed by atoms with van der Waals surface area (Å²) in [7, 11) is 0. The van der Waals surface area contributed by atoms with Crippen LogP contribution in [0.5, 0.6) is 0 Å². The van der Waals surface area contributed by atoms with Crippen LogP contribution in [-0.4, -0.2) is 19.7 Å². The zero-order valence-electron chi connectivity index (χ0n) is 14.1. The smallest absolute Gasteiger partial charge is 0.229 e. The van der Waals surface area contributed by atoms with E-state index in [1.165, 1.54) is 11.1 Å². The van der Waals surface area contributed by atoms with Gasteiger partial charge in [0.1, 0.15) is 0 Å². The normalized spacial score (nSPS) is 15.9. The van der Waals surface area contributed by atoms with E-state index in [0.29, 0.717) is 5.95 Å². The molecule has 0 saturated carbocycles. The van der Waals surface area contributed by atoms with Crippen molar-refractivity contribution in [2.45, 2.75) is 18.9 Å². The SMILES string of the molecule is Nc1ccc(Nc2ncc3cnn([C@@H]4CCc5ccccc54)c3n2)cc1. The van der Waals surface area contributed by atoms with Gasteiger partial charge >= 0.3 is 0 Å². The van der Waals surface area contributed by atoms with Crippen LogP contribution in [0.25, 0.3) is 11.0 Å². The first kappa shape index (κ1) is 14.9. The van der Waals surface area contributed by atoms with Crippen molar-refractivity contribution >= 4 is 28.4 Å². The van der Waals surface area contributed by atoms with E-state index in [2.05, 4.69) is 39.7 Å². The molecule has 4 aromatic rings. The number of hydrogen-bond acceptors (Lipinski definition) is 5. The third kappa shape index (κ3) is 2.47. The minimum Gasteiger partial charge on any atom is -0.399 e. The maximum Gasteiger partial charge on any atom is 0.229 e. The highest BCUT2D eigenvalue weighted by atomic mass is 15.3. The van der Waals surface area contributed by atoms with E-state index in [9.17, 15) is 0 Å². The van der Waals surface area contributed by atoms with Crippen molar-refractivity contribution < 1.29 is 0 Å². The second-order valence-electron chi connectivity index (χ2n) is 6.56. The molecule has 1 aliphatic rings. The lowest BCUT2D eigenvalue weighted by Gasteiger charge is -2.13. The Morgan fingerprint density at radius 2 is 1.88 bits per heavy atom. The molecule has 0 radical (unpaired) electrons. The quantitative estimate of drug-likeness (QED) is 0.555. The highest BCUT2D eigenvalue weighted by molar-refractivity contribution is 5.75. The van der Waals surface area contributed by atoms with E-state index < -0.39 is 0 Å². The van der Waals surface area contributed by atoms with Crippen molar-refractivity contribution in [3.63, 3.8) is 0 Å². The first-order valence-electron chi connectivity index (χ1n) is 8.68. The summed E-state index contributed by atoms with van der Waals surface area (Å²) >= 11 is 0. The summed E-state index contributed by atoms with van der Waals surface area (Å²) in [6, 6.07) is 16.3. The Morgan fingerprint density at radius 1 is 1.04 bits per heavy atom. The molecule has 26 heavy (non-hydrogen) atoms. The third-order valence-electron chi connectivity index (χ3n) is 4.90. The Bertz CT molecular complexity index is 1080. The van der Waals surface area contributed by atoms with Crippen molar-refractivity contribution in [1.82, 2.24) is 19.7 Å². The zero-order chi connectivity index (χ0) is 17.5. The van der Waals surface area contributed by atoms with Crippen LogP contribution >= 0.6 is 0 Å². The molecule has 2 aromatic heterocycles. The van der Waals surface area contributed by atoms with Gasteiger partial charge in [0.2, 0.25) is 5.95 Å². The zero-order valence-corrected chi connectivity index (χ0v) is 14.1. The molecule has 1 atom stereocenters. The number of nitrogens with zero attached hydrogens (tertiary/aromatic N) is 4. The lowest BCUT2D eigenvalue weighted by atomic mass is 10.1. The monoisotopic (exact) mass is 342 g/mol. The molecular weight excluding hydrogens is 324 g/mol. The molecule has 0 aliphatic heterocycles. The minimum absolute atomic E-state index is 0.225. The summed E-state index contributed by atoms with van der Waals surface area (Å²) in [6.07, 6.45) is 5.76. The summed E-state index contributed by atoms with van der Waals surface area (Å²) < 4.78 is 2.02. The summed E-state index contributed by atoms with van der Waals surface area (Å²) in [5, 5.41) is 8.78. The lowest BCUT2D eigenvalue weighted by Crippen LogP contribution is -2.10. The molecule has 128 valence electrons. The van der Waals surface area contributed by atoms with Crippen LogP contribution < -0.4 is 11.1 Å². The van der Waals surface area contributed by atoms with E-state index >= 15 is 0 Å². The van der Waals surface area contributed by atoms with Gasteiger partial charge in [0.25, 0.3) is 0 Å². The van der Waals surface area contributed by atoms with Gasteiger partial charge in [-0.1, -0.05) is 24.3 Å². The van der Waals surface area contributed by atoms with Gasteiger partial charge in [-0.25, -0.2) is 9.67 Å². The molecule has 0 saturated heterocycles. The number of aryl methyl sites for hydroxylation is 1. The molecule has 0 amide bonds. The Balaban J connectivity index is 1.53. The largest absolute Gasteiger partial charge is 0.399 e. The lowest BCUT2D eigenvalue weighted by molar-refractivity contribution is 0.533. The van der Waals surface area contributed by atoms with Crippen molar-refractivity contribution in [3.05, 3.63) is 72.1 Å². The average molecular weight is 342 g/mol. The van der Waals surface area contributed by atoms with E-state index in [4.69, 9.17) is 10.7 Å². The molecule has 5 rings (SSSR count). The number of nitrogens with two attached hydrogens (primary N) is 1. The maximum absolute atomic E-state index is 5.74. The molecule has 0 unspecified atom stereocenters. The maximum atomic E-state index is 5.74. The second kappa shape index (κ2) is 5.84. The van der Waals surface area contributed by atoms with Gasteiger partial charge in [-0.3, -0.25) is 0 Å². The third-order valence-corrected chi connectivity index (χ3v) is 4.90. The Hall–Kier alpha value is -3.41.